The lowest BCUT2D eigenvalue weighted by atomic mass is 9.85. The molecule has 0 amide bonds. The summed E-state index contributed by atoms with van der Waals surface area (Å²) in [7, 11) is -0.556. The van der Waals surface area contributed by atoms with Crippen molar-refractivity contribution in [2.75, 3.05) is 27.2 Å². The van der Waals surface area contributed by atoms with E-state index in [2.05, 4.69) is 25.9 Å². The number of carboxylic acid groups (broad SMARTS) is 1. The highest BCUT2D eigenvalue weighted by Crippen LogP contribution is 2.45. The number of nitrogens with two attached hydrogens (primary N) is 2. The minimum Gasteiger partial charge on any atom is -0.480 e. The summed E-state index contributed by atoms with van der Waals surface area (Å²) in [6.45, 7) is 2.34. The summed E-state index contributed by atoms with van der Waals surface area (Å²) < 4.78 is 30.0. The molecule has 1 aliphatic rings. The Morgan fingerprint density at radius 3 is 2.47 bits per heavy atom. The second-order valence-electron chi connectivity index (χ2n) is 8.78. The molecular formula is C22H33BrCl2N6O4S. The smallest absolute Gasteiger partial charge is 0.325 e. The first-order valence-corrected chi connectivity index (χ1v) is 13.3. The standard InChI is InChI=1S/C22H31BrN6O4S.2ClH/c1-4-14-6-5-9-22(14,20(30)31)29(11-10-28(2)3)34(32,33)15-7-8-16-17(12-15)19(27-21(24)25)26-13-18(16)23;;/h7-8,12-14H,4-6,9-11H2,1-3H3,(H,30,31)(H4,24,25,26,27);2*1H. The minimum absolute atomic E-state index is 0. The number of hydrogen-bond donors (Lipinski definition) is 3. The summed E-state index contributed by atoms with van der Waals surface area (Å²) in [6.07, 6.45) is 3.70. The van der Waals surface area contributed by atoms with E-state index in [1.807, 2.05) is 25.9 Å². The second-order valence-corrected chi connectivity index (χ2v) is 11.5. The maximum Gasteiger partial charge on any atom is 0.325 e. The first kappa shape index (κ1) is 32.3. The molecule has 1 fully saturated rings. The molecule has 202 valence electrons. The molecule has 1 aromatic heterocycles. The second kappa shape index (κ2) is 12.7. The Morgan fingerprint density at radius 2 is 1.92 bits per heavy atom. The van der Waals surface area contributed by atoms with E-state index >= 15 is 0 Å². The molecule has 10 nitrogen and oxygen atoms in total. The maximum absolute atomic E-state index is 14.1. The molecule has 1 aromatic carbocycles. The van der Waals surface area contributed by atoms with Gasteiger partial charge in [-0.05, 0) is 60.9 Å². The number of benzene rings is 1. The third kappa shape index (κ3) is 6.05. The number of carboxylic acids is 1. The van der Waals surface area contributed by atoms with Gasteiger partial charge in [-0.1, -0.05) is 25.8 Å². The van der Waals surface area contributed by atoms with Crippen molar-refractivity contribution >= 4 is 79.3 Å². The number of fused-ring (bicyclic) bond motifs is 1. The lowest BCUT2D eigenvalue weighted by Crippen LogP contribution is -2.60. The Kier molecular flexibility index (Phi) is 11.4. The minimum atomic E-state index is -4.20. The number of likely N-dealkylation sites (N-methyl/N-ethyl adjacent to an activating group) is 1. The zero-order valence-electron chi connectivity index (χ0n) is 20.3. The summed E-state index contributed by atoms with van der Waals surface area (Å²) in [5.41, 5.74) is 9.57. The molecule has 0 spiro atoms. The molecule has 0 aliphatic heterocycles. The lowest BCUT2D eigenvalue weighted by Gasteiger charge is -2.41. The number of carbonyl (C=O) groups is 1. The molecule has 1 aliphatic carbocycles. The predicted molar refractivity (Wildman–Crippen MR) is 150 cm³/mol. The van der Waals surface area contributed by atoms with Crippen molar-refractivity contribution in [2.45, 2.75) is 43.0 Å². The van der Waals surface area contributed by atoms with Gasteiger partial charge in [-0.25, -0.2) is 13.4 Å². The number of aliphatic imine (C=N–C) groups is 1. The van der Waals surface area contributed by atoms with Crippen LogP contribution in [0.3, 0.4) is 0 Å². The quantitative estimate of drug-likeness (QED) is 0.282. The molecule has 36 heavy (non-hydrogen) atoms. The van der Waals surface area contributed by atoms with E-state index in [9.17, 15) is 18.3 Å². The molecule has 2 unspecified atom stereocenters. The molecule has 0 radical (unpaired) electrons. The Balaban J connectivity index is 0.00000324. The highest BCUT2D eigenvalue weighted by Gasteiger charge is 2.56. The van der Waals surface area contributed by atoms with Gasteiger partial charge in [0.2, 0.25) is 10.0 Å². The van der Waals surface area contributed by atoms with Crippen molar-refractivity contribution in [3.8, 4) is 0 Å². The average molecular weight is 628 g/mol. The van der Waals surface area contributed by atoms with Crippen LogP contribution in [-0.2, 0) is 14.8 Å². The summed E-state index contributed by atoms with van der Waals surface area (Å²) in [4.78, 5) is 22.8. The van der Waals surface area contributed by atoms with Crippen LogP contribution in [-0.4, -0.2) is 72.4 Å². The van der Waals surface area contributed by atoms with Crippen molar-refractivity contribution in [1.29, 1.82) is 0 Å². The van der Waals surface area contributed by atoms with Crippen LogP contribution in [0.5, 0.6) is 0 Å². The average Bonchev–Trinajstić information content (AvgIpc) is 3.20. The fraction of sp³-hybridized carbons (Fsp3) is 0.500. The van der Waals surface area contributed by atoms with E-state index in [1.165, 1.54) is 22.6 Å². The number of rotatable bonds is 9. The number of halogens is 3. The zero-order chi connectivity index (χ0) is 25.3. The van der Waals surface area contributed by atoms with Crippen LogP contribution in [0.4, 0.5) is 5.82 Å². The first-order valence-electron chi connectivity index (χ1n) is 11.0. The number of aromatic nitrogens is 1. The zero-order valence-corrected chi connectivity index (χ0v) is 24.4. The van der Waals surface area contributed by atoms with E-state index in [0.717, 1.165) is 0 Å². The fourth-order valence-electron chi connectivity index (χ4n) is 4.82. The fourth-order valence-corrected chi connectivity index (χ4v) is 7.10. The number of aliphatic carboxylic acids is 1. The molecule has 2 atom stereocenters. The summed E-state index contributed by atoms with van der Waals surface area (Å²) >= 11 is 3.42. The normalized spacial score (nSPS) is 19.7. The highest BCUT2D eigenvalue weighted by molar-refractivity contribution is 9.10. The van der Waals surface area contributed by atoms with Crippen LogP contribution in [0.2, 0.25) is 0 Å². The topological polar surface area (TPSA) is 155 Å². The molecule has 0 saturated heterocycles. The van der Waals surface area contributed by atoms with Crippen molar-refractivity contribution in [1.82, 2.24) is 14.2 Å². The number of guanidine groups is 1. The van der Waals surface area contributed by atoms with Gasteiger partial charge in [-0.2, -0.15) is 9.30 Å². The summed E-state index contributed by atoms with van der Waals surface area (Å²) in [5, 5.41) is 11.5. The third-order valence-corrected chi connectivity index (χ3v) is 9.03. The molecule has 2 aromatic rings. The van der Waals surface area contributed by atoms with Gasteiger partial charge in [-0.3, -0.25) is 4.79 Å². The van der Waals surface area contributed by atoms with Gasteiger partial charge in [0.1, 0.15) is 5.54 Å². The van der Waals surface area contributed by atoms with Gasteiger partial charge in [0.05, 0.1) is 4.90 Å². The van der Waals surface area contributed by atoms with Gasteiger partial charge >= 0.3 is 5.97 Å². The van der Waals surface area contributed by atoms with E-state index in [4.69, 9.17) is 11.5 Å². The van der Waals surface area contributed by atoms with Crippen LogP contribution < -0.4 is 11.5 Å². The number of sulfonamides is 1. The highest BCUT2D eigenvalue weighted by atomic mass is 79.9. The third-order valence-electron chi connectivity index (χ3n) is 6.46. The molecule has 3 rings (SSSR count). The van der Waals surface area contributed by atoms with Crippen LogP contribution in [0.25, 0.3) is 10.8 Å². The SMILES string of the molecule is CCC1CCCC1(C(=O)O)N(CCN(C)C)S(=O)(=O)c1ccc2c(Br)cnc(N=C(N)N)c2c1.Cl.Cl. The van der Waals surface area contributed by atoms with Crippen LogP contribution in [0.1, 0.15) is 32.6 Å². The van der Waals surface area contributed by atoms with E-state index in [1.54, 1.807) is 6.07 Å². The molecule has 0 bridgehead atoms. The van der Waals surface area contributed by atoms with Crippen molar-refractivity contribution in [3.63, 3.8) is 0 Å². The Bertz CT molecular complexity index is 1230. The van der Waals surface area contributed by atoms with Gasteiger partial charge in [-0.15, -0.1) is 24.8 Å². The van der Waals surface area contributed by atoms with Gasteiger partial charge in [0.15, 0.2) is 11.8 Å². The Labute approximate surface area is 232 Å². The monoisotopic (exact) mass is 626 g/mol. The number of hydrogen-bond acceptors (Lipinski definition) is 6. The summed E-state index contributed by atoms with van der Waals surface area (Å²) in [5.74, 6) is -1.42. The Morgan fingerprint density at radius 1 is 1.25 bits per heavy atom. The largest absolute Gasteiger partial charge is 0.480 e. The molecule has 1 heterocycles. The van der Waals surface area contributed by atoms with Crippen molar-refractivity contribution in [3.05, 3.63) is 28.9 Å². The van der Waals surface area contributed by atoms with Crippen molar-refractivity contribution in [2.24, 2.45) is 22.4 Å². The van der Waals surface area contributed by atoms with E-state index < -0.39 is 21.5 Å². The molecule has 5 N–H and O–H groups in total. The molecule has 14 heteroatoms. The van der Waals surface area contributed by atoms with Gasteiger partial charge < -0.3 is 21.5 Å². The van der Waals surface area contributed by atoms with Crippen LogP contribution >= 0.6 is 40.7 Å². The number of nitrogens with zero attached hydrogens (tertiary/aromatic N) is 4. The van der Waals surface area contributed by atoms with Crippen LogP contribution in [0.15, 0.2) is 38.8 Å². The van der Waals surface area contributed by atoms with Gasteiger partial charge in [0, 0.05) is 34.5 Å². The van der Waals surface area contributed by atoms with Crippen LogP contribution in [0, 0.1) is 5.92 Å². The first-order chi connectivity index (χ1) is 15.9. The molecular weight excluding hydrogens is 595 g/mol. The molecule has 1 saturated carbocycles. The Hall–Kier alpha value is -1.70. The number of pyridine rings is 1. The predicted octanol–water partition coefficient (Wildman–Crippen LogP) is 3.33. The van der Waals surface area contributed by atoms with E-state index in [-0.39, 0.29) is 60.4 Å². The van der Waals surface area contributed by atoms with Crippen molar-refractivity contribution < 1.29 is 18.3 Å². The lowest BCUT2D eigenvalue weighted by molar-refractivity contribution is -0.151. The maximum atomic E-state index is 14.1. The summed E-state index contributed by atoms with van der Waals surface area (Å²) in [6, 6.07) is 4.58. The van der Waals surface area contributed by atoms with E-state index in [0.29, 0.717) is 41.1 Å². The van der Waals surface area contributed by atoms with Gasteiger partial charge in [0.25, 0.3) is 0 Å².